The highest BCUT2D eigenvalue weighted by Crippen LogP contribution is 2.17. The highest BCUT2D eigenvalue weighted by atomic mass is 19.1. The summed E-state index contributed by atoms with van der Waals surface area (Å²) in [5.74, 6) is -1.11. The quantitative estimate of drug-likeness (QED) is 0.703. The van der Waals surface area contributed by atoms with Crippen LogP contribution in [0.3, 0.4) is 0 Å². The molecule has 0 fully saturated rings. The Balaban J connectivity index is 1.83. The summed E-state index contributed by atoms with van der Waals surface area (Å²) >= 11 is 0. The van der Waals surface area contributed by atoms with E-state index in [9.17, 15) is 13.6 Å². The number of nitrogens with zero attached hydrogens (tertiary/aromatic N) is 3. The van der Waals surface area contributed by atoms with Crippen molar-refractivity contribution in [2.75, 3.05) is 11.9 Å². The van der Waals surface area contributed by atoms with Gasteiger partial charge >= 0.3 is 5.69 Å². The zero-order valence-electron chi connectivity index (χ0n) is 14.6. The SMILES string of the molecule is Cc1ccc(Cn2cc(F)c(N(C)Cc3ccccc3F)nc2=O)cc1. The minimum Gasteiger partial charge on any atom is -0.353 e. The van der Waals surface area contributed by atoms with Gasteiger partial charge in [-0.05, 0) is 18.6 Å². The van der Waals surface area contributed by atoms with Crippen LogP contribution in [0.25, 0.3) is 0 Å². The Morgan fingerprint density at radius 1 is 1.04 bits per heavy atom. The number of anilines is 1. The Bertz CT molecular complexity index is 968. The second kappa shape index (κ2) is 7.47. The molecule has 0 atom stereocenters. The Labute approximate surface area is 150 Å². The molecule has 6 heteroatoms. The first-order valence-electron chi connectivity index (χ1n) is 8.21. The van der Waals surface area contributed by atoms with Gasteiger partial charge in [0, 0.05) is 25.4 Å². The van der Waals surface area contributed by atoms with Gasteiger partial charge in [-0.1, -0.05) is 48.0 Å². The average Bonchev–Trinajstić information content (AvgIpc) is 2.61. The zero-order chi connectivity index (χ0) is 18.7. The molecular formula is C20H19F2N3O. The normalized spacial score (nSPS) is 10.8. The van der Waals surface area contributed by atoms with Crippen molar-refractivity contribution in [2.45, 2.75) is 20.0 Å². The number of halogens is 2. The lowest BCUT2D eigenvalue weighted by Gasteiger charge is -2.19. The van der Waals surface area contributed by atoms with E-state index in [0.717, 1.165) is 17.3 Å². The summed E-state index contributed by atoms with van der Waals surface area (Å²) in [6.45, 7) is 2.32. The molecular weight excluding hydrogens is 336 g/mol. The van der Waals surface area contributed by atoms with Gasteiger partial charge in [0.05, 0.1) is 6.54 Å². The minimum atomic E-state index is -0.629. The summed E-state index contributed by atoms with van der Waals surface area (Å²) in [6.07, 6.45) is 1.14. The van der Waals surface area contributed by atoms with Crippen molar-refractivity contribution in [3.05, 3.63) is 93.5 Å². The Morgan fingerprint density at radius 2 is 1.73 bits per heavy atom. The maximum atomic E-state index is 14.5. The van der Waals surface area contributed by atoms with E-state index in [1.165, 1.54) is 15.5 Å². The van der Waals surface area contributed by atoms with Crippen molar-refractivity contribution >= 4 is 5.82 Å². The Kier molecular flexibility index (Phi) is 5.11. The van der Waals surface area contributed by atoms with Crippen molar-refractivity contribution in [1.82, 2.24) is 9.55 Å². The van der Waals surface area contributed by atoms with E-state index in [4.69, 9.17) is 0 Å². The molecule has 3 rings (SSSR count). The van der Waals surface area contributed by atoms with Gasteiger partial charge < -0.3 is 4.90 Å². The molecule has 0 N–H and O–H groups in total. The maximum absolute atomic E-state index is 14.5. The van der Waals surface area contributed by atoms with Crippen LogP contribution in [-0.2, 0) is 13.1 Å². The fraction of sp³-hybridized carbons (Fsp3) is 0.200. The highest BCUT2D eigenvalue weighted by molar-refractivity contribution is 5.39. The third-order valence-electron chi connectivity index (χ3n) is 4.13. The molecule has 0 amide bonds. The fourth-order valence-electron chi connectivity index (χ4n) is 2.69. The summed E-state index contributed by atoms with van der Waals surface area (Å²) in [4.78, 5) is 17.5. The lowest BCUT2D eigenvalue weighted by Crippen LogP contribution is -2.29. The maximum Gasteiger partial charge on any atom is 0.350 e. The van der Waals surface area contributed by atoms with Crippen LogP contribution in [-0.4, -0.2) is 16.6 Å². The minimum absolute atomic E-state index is 0.0987. The third-order valence-corrected chi connectivity index (χ3v) is 4.13. The van der Waals surface area contributed by atoms with E-state index in [1.54, 1.807) is 25.2 Å². The van der Waals surface area contributed by atoms with Crippen LogP contribution in [0.1, 0.15) is 16.7 Å². The third kappa shape index (κ3) is 3.96. The standard InChI is InChI=1S/C20H19F2N3O/c1-14-7-9-15(10-8-14)11-25-13-18(22)19(23-20(25)26)24(2)12-16-5-3-4-6-17(16)21/h3-10,13H,11-12H2,1-2H3. The zero-order valence-corrected chi connectivity index (χ0v) is 14.6. The van der Waals surface area contributed by atoms with Crippen LogP contribution in [0.2, 0.25) is 0 Å². The number of aromatic nitrogens is 2. The molecule has 0 bridgehead atoms. The molecule has 3 aromatic rings. The van der Waals surface area contributed by atoms with E-state index in [0.29, 0.717) is 5.56 Å². The molecule has 1 aromatic heterocycles. The number of aryl methyl sites for hydroxylation is 1. The van der Waals surface area contributed by atoms with Gasteiger partial charge in [-0.2, -0.15) is 4.98 Å². The van der Waals surface area contributed by atoms with Gasteiger partial charge in [0.1, 0.15) is 5.82 Å². The van der Waals surface area contributed by atoms with E-state index >= 15 is 0 Å². The van der Waals surface area contributed by atoms with Crippen molar-refractivity contribution in [2.24, 2.45) is 0 Å². The first-order valence-corrected chi connectivity index (χ1v) is 8.21. The molecule has 134 valence electrons. The van der Waals surface area contributed by atoms with Gasteiger partial charge in [0.15, 0.2) is 11.6 Å². The molecule has 26 heavy (non-hydrogen) atoms. The largest absolute Gasteiger partial charge is 0.353 e. The van der Waals surface area contributed by atoms with E-state index < -0.39 is 11.5 Å². The number of hydrogen-bond acceptors (Lipinski definition) is 3. The van der Waals surface area contributed by atoms with Crippen LogP contribution < -0.4 is 10.6 Å². The summed E-state index contributed by atoms with van der Waals surface area (Å²) in [7, 11) is 1.57. The molecule has 0 radical (unpaired) electrons. The average molecular weight is 355 g/mol. The van der Waals surface area contributed by atoms with Crippen LogP contribution in [0, 0.1) is 18.6 Å². The molecule has 0 spiro atoms. The molecule has 1 heterocycles. The Hall–Kier alpha value is -3.02. The molecule has 0 aliphatic heterocycles. The Morgan fingerprint density at radius 3 is 2.42 bits per heavy atom. The molecule has 0 saturated heterocycles. The second-order valence-corrected chi connectivity index (χ2v) is 6.26. The molecule has 4 nitrogen and oxygen atoms in total. The van der Waals surface area contributed by atoms with Gasteiger partial charge in [-0.3, -0.25) is 4.57 Å². The van der Waals surface area contributed by atoms with Gasteiger partial charge in [-0.25, -0.2) is 13.6 Å². The first kappa shape index (κ1) is 17.8. The van der Waals surface area contributed by atoms with E-state index in [2.05, 4.69) is 4.98 Å². The molecule has 0 aliphatic carbocycles. The first-order chi connectivity index (χ1) is 12.4. The highest BCUT2D eigenvalue weighted by Gasteiger charge is 2.14. The molecule has 2 aromatic carbocycles. The van der Waals surface area contributed by atoms with Crippen molar-refractivity contribution in [1.29, 1.82) is 0 Å². The van der Waals surface area contributed by atoms with Crippen molar-refractivity contribution < 1.29 is 8.78 Å². The van der Waals surface area contributed by atoms with Gasteiger partial charge in [-0.15, -0.1) is 0 Å². The lowest BCUT2D eigenvalue weighted by atomic mass is 10.1. The van der Waals surface area contributed by atoms with Crippen LogP contribution in [0.4, 0.5) is 14.6 Å². The van der Waals surface area contributed by atoms with E-state index in [1.807, 2.05) is 31.2 Å². The monoisotopic (exact) mass is 355 g/mol. The van der Waals surface area contributed by atoms with Crippen LogP contribution >= 0.6 is 0 Å². The van der Waals surface area contributed by atoms with Crippen LogP contribution in [0.5, 0.6) is 0 Å². The lowest BCUT2D eigenvalue weighted by molar-refractivity contribution is 0.570. The van der Waals surface area contributed by atoms with Gasteiger partial charge in [0.2, 0.25) is 0 Å². The van der Waals surface area contributed by atoms with Crippen molar-refractivity contribution in [3.8, 4) is 0 Å². The smallest absolute Gasteiger partial charge is 0.350 e. The number of hydrogen-bond donors (Lipinski definition) is 0. The predicted octanol–water partition coefficient (Wildman–Crippen LogP) is 3.51. The molecule has 0 aliphatic rings. The topological polar surface area (TPSA) is 38.1 Å². The molecule has 0 unspecified atom stereocenters. The predicted molar refractivity (Wildman–Crippen MR) is 97.2 cm³/mol. The summed E-state index contributed by atoms with van der Waals surface area (Å²) < 4.78 is 29.5. The number of rotatable bonds is 5. The van der Waals surface area contributed by atoms with E-state index in [-0.39, 0.29) is 24.7 Å². The van der Waals surface area contributed by atoms with Crippen molar-refractivity contribution in [3.63, 3.8) is 0 Å². The number of benzene rings is 2. The fourth-order valence-corrected chi connectivity index (χ4v) is 2.69. The van der Waals surface area contributed by atoms with Gasteiger partial charge in [0.25, 0.3) is 0 Å². The summed E-state index contributed by atoms with van der Waals surface area (Å²) in [5.41, 5.74) is 1.84. The summed E-state index contributed by atoms with van der Waals surface area (Å²) in [6, 6.07) is 13.9. The second-order valence-electron chi connectivity index (χ2n) is 6.26. The molecule has 0 saturated carbocycles. The summed E-state index contributed by atoms with van der Waals surface area (Å²) in [5, 5.41) is 0. The van der Waals surface area contributed by atoms with Crippen LogP contribution in [0.15, 0.2) is 59.5 Å².